The van der Waals surface area contributed by atoms with Crippen LogP contribution in [0.25, 0.3) is 0 Å². The summed E-state index contributed by atoms with van der Waals surface area (Å²) in [6, 6.07) is 0. The molecule has 0 N–H and O–H groups in total. The molecule has 0 aliphatic heterocycles. The Hall–Kier alpha value is -1.33. The Labute approximate surface area is 270 Å². The van der Waals surface area contributed by atoms with Crippen molar-refractivity contribution in [2.24, 2.45) is 0 Å². The van der Waals surface area contributed by atoms with Crippen molar-refractivity contribution in [2.75, 3.05) is 0 Å². The van der Waals surface area contributed by atoms with E-state index in [1.807, 2.05) is 0 Å². The SMILES string of the molecule is CCCCCC/C=C/C=C\CCCCCCCC(=O)[O-].CCCCCC/C=C/C=C\CCCCCCCC(=O)[O-].[Mg+2]. The van der Waals surface area contributed by atoms with Gasteiger partial charge in [0.1, 0.15) is 0 Å². The third-order valence-electron chi connectivity index (χ3n) is 6.72. The second kappa shape index (κ2) is 40.8. The molecular weight excluding hydrogens is 521 g/mol. The molecule has 0 aromatic carbocycles. The number of carbonyl (C=O) groups excluding carboxylic acids is 2. The summed E-state index contributed by atoms with van der Waals surface area (Å²) in [7, 11) is 0. The molecule has 0 aromatic rings. The minimum atomic E-state index is -0.922. The Morgan fingerprint density at radius 3 is 0.927 bits per heavy atom. The summed E-state index contributed by atoms with van der Waals surface area (Å²) in [6.07, 6.45) is 43.9. The summed E-state index contributed by atoms with van der Waals surface area (Å²) < 4.78 is 0. The molecule has 0 aromatic heterocycles. The number of carboxylic acids is 2. The van der Waals surface area contributed by atoms with Crippen molar-refractivity contribution in [2.45, 2.75) is 168 Å². The maximum absolute atomic E-state index is 10.2. The third-order valence-corrected chi connectivity index (χ3v) is 6.72. The second-order valence-corrected chi connectivity index (χ2v) is 10.8. The van der Waals surface area contributed by atoms with Gasteiger partial charge >= 0.3 is 23.1 Å². The fraction of sp³-hybridized carbons (Fsp3) is 0.722. The topological polar surface area (TPSA) is 80.3 Å². The molecule has 0 spiro atoms. The van der Waals surface area contributed by atoms with Gasteiger partial charge in [-0.05, 0) is 77.0 Å². The molecule has 0 saturated heterocycles. The molecule has 0 aliphatic rings. The van der Waals surface area contributed by atoms with Crippen LogP contribution in [0.2, 0.25) is 0 Å². The van der Waals surface area contributed by atoms with Gasteiger partial charge < -0.3 is 19.8 Å². The van der Waals surface area contributed by atoms with Gasteiger partial charge in [-0.2, -0.15) is 0 Å². The van der Waals surface area contributed by atoms with E-state index in [0.717, 1.165) is 51.4 Å². The smallest absolute Gasteiger partial charge is 0.550 e. The Morgan fingerprint density at radius 2 is 0.659 bits per heavy atom. The van der Waals surface area contributed by atoms with Gasteiger partial charge in [-0.1, -0.05) is 140 Å². The van der Waals surface area contributed by atoms with E-state index in [1.165, 1.54) is 89.9 Å². The molecule has 0 heterocycles. The monoisotopic (exact) mass is 582 g/mol. The first kappa shape index (κ1) is 44.1. The minimum absolute atomic E-state index is 0. The molecule has 0 rings (SSSR count). The van der Waals surface area contributed by atoms with Crippen molar-refractivity contribution in [3.63, 3.8) is 0 Å². The molecule has 0 fully saturated rings. The zero-order chi connectivity index (χ0) is 29.8. The Kier molecular flexibility index (Phi) is 43.9. The van der Waals surface area contributed by atoms with Gasteiger partial charge in [0.05, 0.1) is 0 Å². The Bertz CT molecular complexity index is 596. The molecular formula is C36H62MgO4. The molecule has 41 heavy (non-hydrogen) atoms. The van der Waals surface area contributed by atoms with E-state index < -0.39 is 11.9 Å². The Balaban J connectivity index is -0.000000688. The number of unbranched alkanes of at least 4 members (excludes halogenated alkanes) is 18. The average molecular weight is 583 g/mol. The van der Waals surface area contributed by atoms with Gasteiger partial charge in [0, 0.05) is 11.9 Å². The number of allylic oxidation sites excluding steroid dienone is 8. The van der Waals surface area contributed by atoms with Crippen molar-refractivity contribution in [1.82, 2.24) is 0 Å². The van der Waals surface area contributed by atoms with Crippen LogP contribution in [0.15, 0.2) is 48.6 Å². The average Bonchev–Trinajstić information content (AvgIpc) is 2.93. The van der Waals surface area contributed by atoms with Crippen molar-refractivity contribution < 1.29 is 19.8 Å². The molecule has 4 nitrogen and oxygen atoms in total. The van der Waals surface area contributed by atoms with Crippen molar-refractivity contribution in [1.29, 1.82) is 0 Å². The maximum atomic E-state index is 10.2. The fourth-order valence-electron chi connectivity index (χ4n) is 4.20. The van der Waals surface area contributed by atoms with Crippen LogP contribution in [0.1, 0.15) is 168 Å². The zero-order valence-electron chi connectivity index (χ0n) is 26.9. The van der Waals surface area contributed by atoms with Gasteiger partial charge in [-0.3, -0.25) is 0 Å². The van der Waals surface area contributed by atoms with E-state index in [1.54, 1.807) is 0 Å². The summed E-state index contributed by atoms with van der Waals surface area (Å²) in [5, 5.41) is 20.4. The fourth-order valence-corrected chi connectivity index (χ4v) is 4.20. The molecule has 0 bridgehead atoms. The first-order chi connectivity index (χ1) is 19.5. The largest absolute Gasteiger partial charge is 2.00 e. The second-order valence-electron chi connectivity index (χ2n) is 10.8. The minimum Gasteiger partial charge on any atom is -0.550 e. The van der Waals surface area contributed by atoms with Gasteiger partial charge in [0.25, 0.3) is 0 Å². The van der Waals surface area contributed by atoms with Gasteiger partial charge in [-0.15, -0.1) is 0 Å². The summed E-state index contributed by atoms with van der Waals surface area (Å²) in [6.45, 7) is 4.48. The van der Waals surface area contributed by atoms with Gasteiger partial charge in [0.15, 0.2) is 0 Å². The van der Waals surface area contributed by atoms with Crippen LogP contribution in [0.5, 0.6) is 0 Å². The Morgan fingerprint density at radius 1 is 0.415 bits per heavy atom. The summed E-state index contributed by atoms with van der Waals surface area (Å²) in [5.41, 5.74) is 0. The van der Waals surface area contributed by atoms with Crippen LogP contribution < -0.4 is 10.2 Å². The van der Waals surface area contributed by atoms with Crippen LogP contribution in [0.4, 0.5) is 0 Å². The molecule has 0 radical (unpaired) electrons. The predicted octanol–water partition coefficient (Wildman–Crippen LogP) is 8.72. The predicted molar refractivity (Wildman–Crippen MR) is 174 cm³/mol. The normalized spacial score (nSPS) is 11.4. The molecule has 5 heteroatoms. The maximum Gasteiger partial charge on any atom is 2.00 e. The molecule has 0 atom stereocenters. The van der Waals surface area contributed by atoms with E-state index >= 15 is 0 Å². The number of hydrogen-bond acceptors (Lipinski definition) is 4. The number of aliphatic carboxylic acids is 2. The number of hydrogen-bond donors (Lipinski definition) is 0. The first-order valence-electron chi connectivity index (χ1n) is 16.6. The van der Waals surface area contributed by atoms with Crippen LogP contribution in [0, 0.1) is 0 Å². The van der Waals surface area contributed by atoms with Crippen molar-refractivity contribution in [3.8, 4) is 0 Å². The van der Waals surface area contributed by atoms with Crippen LogP contribution in [0.3, 0.4) is 0 Å². The summed E-state index contributed by atoms with van der Waals surface area (Å²) in [4.78, 5) is 20.4. The standard InChI is InChI=1S/2C18H32O2.Mg/c2*1-2-3-4-5-6-7-8-9-10-11-12-13-14-15-16-17-18(19)20;/h2*7-10H,2-6,11-17H2,1H3,(H,19,20);/q;;+2/p-2/b2*8-7+,10-9-;. The van der Waals surface area contributed by atoms with Crippen molar-refractivity contribution in [3.05, 3.63) is 48.6 Å². The summed E-state index contributed by atoms with van der Waals surface area (Å²) >= 11 is 0. The number of carboxylic acid groups (broad SMARTS) is 2. The van der Waals surface area contributed by atoms with Crippen LogP contribution in [-0.4, -0.2) is 35.0 Å². The summed E-state index contributed by atoms with van der Waals surface area (Å²) in [5.74, 6) is -1.84. The van der Waals surface area contributed by atoms with E-state index in [2.05, 4.69) is 62.5 Å². The quantitative estimate of drug-likeness (QED) is 0.0525. The molecule has 232 valence electrons. The molecule has 0 amide bonds. The van der Waals surface area contributed by atoms with E-state index in [0.29, 0.717) is 0 Å². The number of rotatable bonds is 28. The molecule has 0 saturated carbocycles. The van der Waals surface area contributed by atoms with Crippen LogP contribution in [-0.2, 0) is 9.59 Å². The first-order valence-corrected chi connectivity index (χ1v) is 16.6. The zero-order valence-corrected chi connectivity index (χ0v) is 28.3. The number of carbonyl (C=O) groups is 2. The van der Waals surface area contributed by atoms with E-state index in [4.69, 9.17) is 0 Å². The van der Waals surface area contributed by atoms with Gasteiger partial charge in [-0.25, -0.2) is 0 Å². The molecule has 0 aliphatic carbocycles. The van der Waals surface area contributed by atoms with E-state index in [-0.39, 0.29) is 35.9 Å². The van der Waals surface area contributed by atoms with E-state index in [9.17, 15) is 19.8 Å². The third kappa shape index (κ3) is 48.7. The van der Waals surface area contributed by atoms with Crippen LogP contribution >= 0.6 is 0 Å². The molecule has 0 unspecified atom stereocenters. The van der Waals surface area contributed by atoms with Gasteiger partial charge in [0.2, 0.25) is 0 Å². The van der Waals surface area contributed by atoms with Crippen molar-refractivity contribution >= 4 is 35.0 Å².